The number of rotatable bonds is 4. The standard InChI is InChI=1S/C16H18N4O2S/c1-4-20-13(8-9-17-20)15(21)18-16-19(3)12-7-6-11(22-5-2)10-14(12)23-16/h6-10H,4-5H2,1-3H3. The van der Waals surface area contributed by atoms with E-state index in [0.717, 1.165) is 16.0 Å². The number of ether oxygens (including phenoxy) is 1. The highest BCUT2D eigenvalue weighted by molar-refractivity contribution is 7.16. The average molecular weight is 330 g/mol. The molecule has 23 heavy (non-hydrogen) atoms. The number of nitrogens with zero attached hydrogens (tertiary/aromatic N) is 4. The van der Waals surface area contributed by atoms with Crippen LogP contribution < -0.4 is 9.54 Å². The number of amides is 1. The summed E-state index contributed by atoms with van der Waals surface area (Å²) in [5, 5.41) is 4.11. The topological polar surface area (TPSA) is 61.4 Å². The number of thiazole rings is 1. The number of carbonyl (C=O) groups excluding carboxylic acids is 1. The van der Waals surface area contributed by atoms with Crippen molar-refractivity contribution in [2.75, 3.05) is 6.61 Å². The number of aromatic nitrogens is 3. The molecule has 0 saturated heterocycles. The van der Waals surface area contributed by atoms with Gasteiger partial charge in [0.25, 0.3) is 5.91 Å². The molecule has 2 heterocycles. The maximum Gasteiger partial charge on any atom is 0.297 e. The summed E-state index contributed by atoms with van der Waals surface area (Å²) < 4.78 is 10.1. The van der Waals surface area contributed by atoms with E-state index in [4.69, 9.17) is 4.74 Å². The minimum absolute atomic E-state index is 0.281. The van der Waals surface area contributed by atoms with Gasteiger partial charge in [0.2, 0.25) is 0 Å². The van der Waals surface area contributed by atoms with E-state index < -0.39 is 0 Å². The summed E-state index contributed by atoms with van der Waals surface area (Å²) in [6.07, 6.45) is 1.62. The molecule has 1 amide bonds. The third kappa shape index (κ3) is 2.92. The van der Waals surface area contributed by atoms with Gasteiger partial charge in [-0.1, -0.05) is 11.3 Å². The lowest BCUT2D eigenvalue weighted by Crippen LogP contribution is -2.15. The predicted octanol–water partition coefficient (Wildman–Crippen LogP) is 2.60. The van der Waals surface area contributed by atoms with Gasteiger partial charge in [0, 0.05) is 19.8 Å². The van der Waals surface area contributed by atoms with Crippen LogP contribution in [0.1, 0.15) is 24.3 Å². The number of hydrogen-bond donors (Lipinski definition) is 0. The van der Waals surface area contributed by atoms with Crippen molar-refractivity contribution >= 4 is 27.5 Å². The van der Waals surface area contributed by atoms with Crippen LogP contribution in [0.2, 0.25) is 0 Å². The molecule has 2 aromatic heterocycles. The fraction of sp³-hybridized carbons (Fsp3) is 0.312. The van der Waals surface area contributed by atoms with Crippen LogP contribution in [0.4, 0.5) is 0 Å². The highest BCUT2D eigenvalue weighted by Gasteiger charge is 2.11. The normalized spacial score (nSPS) is 12.0. The SMILES string of the molecule is CCOc1ccc2c(c1)sc(=NC(=O)c1ccnn1CC)n2C. The van der Waals surface area contributed by atoms with Crippen molar-refractivity contribution < 1.29 is 9.53 Å². The lowest BCUT2D eigenvalue weighted by atomic mass is 10.3. The number of hydrogen-bond acceptors (Lipinski definition) is 4. The zero-order valence-electron chi connectivity index (χ0n) is 13.3. The fourth-order valence-corrected chi connectivity index (χ4v) is 3.43. The molecule has 0 aliphatic carbocycles. The first-order valence-electron chi connectivity index (χ1n) is 7.47. The molecule has 0 aliphatic heterocycles. The smallest absolute Gasteiger partial charge is 0.297 e. The van der Waals surface area contributed by atoms with Crippen molar-refractivity contribution in [2.24, 2.45) is 12.0 Å². The number of benzene rings is 1. The summed E-state index contributed by atoms with van der Waals surface area (Å²) >= 11 is 1.47. The van der Waals surface area contributed by atoms with Crippen LogP contribution in [0.15, 0.2) is 35.5 Å². The van der Waals surface area contributed by atoms with Gasteiger partial charge in [0.1, 0.15) is 11.4 Å². The second-order valence-corrected chi connectivity index (χ2v) is 5.96. The number of carbonyl (C=O) groups is 1. The highest BCUT2D eigenvalue weighted by atomic mass is 32.1. The Balaban J connectivity index is 2.05. The first kappa shape index (κ1) is 15.5. The van der Waals surface area contributed by atoms with E-state index in [2.05, 4.69) is 10.1 Å². The van der Waals surface area contributed by atoms with E-state index in [1.54, 1.807) is 16.9 Å². The molecule has 120 valence electrons. The molecular weight excluding hydrogens is 312 g/mol. The molecule has 6 nitrogen and oxygen atoms in total. The molecule has 3 aromatic rings. The second-order valence-electron chi connectivity index (χ2n) is 4.96. The molecule has 0 fully saturated rings. The minimum Gasteiger partial charge on any atom is -0.494 e. The summed E-state index contributed by atoms with van der Waals surface area (Å²) in [6.45, 7) is 5.16. The van der Waals surface area contributed by atoms with Crippen molar-refractivity contribution in [1.29, 1.82) is 0 Å². The number of aryl methyl sites for hydroxylation is 2. The van der Waals surface area contributed by atoms with E-state index in [0.29, 0.717) is 23.6 Å². The zero-order chi connectivity index (χ0) is 16.4. The minimum atomic E-state index is -0.281. The Kier molecular flexibility index (Phi) is 4.29. The van der Waals surface area contributed by atoms with Crippen molar-refractivity contribution in [3.63, 3.8) is 0 Å². The van der Waals surface area contributed by atoms with E-state index in [9.17, 15) is 4.79 Å². The Labute approximate surface area is 137 Å². The molecule has 1 aromatic carbocycles. The summed E-state index contributed by atoms with van der Waals surface area (Å²) in [6, 6.07) is 7.58. The third-order valence-electron chi connectivity index (χ3n) is 3.52. The summed E-state index contributed by atoms with van der Waals surface area (Å²) in [7, 11) is 1.91. The van der Waals surface area contributed by atoms with Crippen LogP contribution in [0.25, 0.3) is 10.2 Å². The van der Waals surface area contributed by atoms with Crippen molar-refractivity contribution in [1.82, 2.24) is 14.3 Å². The monoisotopic (exact) mass is 330 g/mol. The first-order chi connectivity index (χ1) is 11.1. The largest absolute Gasteiger partial charge is 0.494 e. The Morgan fingerprint density at radius 1 is 1.35 bits per heavy atom. The van der Waals surface area contributed by atoms with Gasteiger partial charge in [-0.2, -0.15) is 10.1 Å². The third-order valence-corrected chi connectivity index (χ3v) is 4.62. The number of fused-ring (bicyclic) bond motifs is 1. The Morgan fingerprint density at radius 3 is 2.91 bits per heavy atom. The van der Waals surface area contributed by atoms with Gasteiger partial charge in [-0.25, -0.2) is 0 Å². The van der Waals surface area contributed by atoms with Gasteiger partial charge in [-0.15, -0.1) is 0 Å². The van der Waals surface area contributed by atoms with E-state index in [1.807, 2.05) is 43.7 Å². The van der Waals surface area contributed by atoms with E-state index in [-0.39, 0.29) is 5.91 Å². The molecule has 0 aliphatic rings. The Morgan fingerprint density at radius 2 is 2.17 bits per heavy atom. The molecule has 0 radical (unpaired) electrons. The van der Waals surface area contributed by atoms with Gasteiger partial charge in [-0.3, -0.25) is 9.48 Å². The van der Waals surface area contributed by atoms with Crippen molar-refractivity contribution in [2.45, 2.75) is 20.4 Å². The lowest BCUT2D eigenvalue weighted by Gasteiger charge is -2.02. The molecule has 0 saturated carbocycles. The van der Waals surface area contributed by atoms with Crippen LogP contribution in [0, 0.1) is 0 Å². The zero-order valence-corrected chi connectivity index (χ0v) is 14.1. The van der Waals surface area contributed by atoms with Gasteiger partial charge in [-0.05, 0) is 38.1 Å². The molecule has 0 bridgehead atoms. The Bertz CT molecular complexity index is 920. The summed E-state index contributed by atoms with van der Waals surface area (Å²) in [4.78, 5) is 17.3. The van der Waals surface area contributed by atoms with Gasteiger partial charge in [0.05, 0.1) is 16.8 Å². The fourth-order valence-electron chi connectivity index (χ4n) is 2.39. The van der Waals surface area contributed by atoms with Crippen molar-refractivity contribution in [3.8, 4) is 5.75 Å². The molecule has 0 atom stereocenters. The van der Waals surface area contributed by atoms with E-state index >= 15 is 0 Å². The second kappa shape index (κ2) is 6.37. The van der Waals surface area contributed by atoms with Crippen LogP contribution in [0.5, 0.6) is 5.75 Å². The van der Waals surface area contributed by atoms with Crippen LogP contribution in [-0.4, -0.2) is 26.9 Å². The maximum atomic E-state index is 12.4. The molecule has 7 heteroatoms. The highest BCUT2D eigenvalue weighted by Crippen LogP contribution is 2.22. The van der Waals surface area contributed by atoms with Gasteiger partial charge in [0.15, 0.2) is 4.80 Å². The lowest BCUT2D eigenvalue weighted by molar-refractivity contribution is 0.0988. The molecule has 0 unspecified atom stereocenters. The van der Waals surface area contributed by atoms with Crippen LogP contribution in [0.3, 0.4) is 0 Å². The van der Waals surface area contributed by atoms with Crippen LogP contribution >= 0.6 is 11.3 Å². The summed E-state index contributed by atoms with van der Waals surface area (Å²) in [5.74, 6) is 0.542. The average Bonchev–Trinajstić information content (AvgIpc) is 3.13. The molecule has 0 spiro atoms. The molecule has 0 N–H and O–H groups in total. The maximum absolute atomic E-state index is 12.4. The molecular formula is C16H18N4O2S. The molecule has 3 rings (SSSR count). The van der Waals surface area contributed by atoms with Gasteiger partial charge < -0.3 is 9.30 Å². The quantitative estimate of drug-likeness (QED) is 0.739. The first-order valence-corrected chi connectivity index (χ1v) is 8.29. The predicted molar refractivity (Wildman–Crippen MR) is 89.8 cm³/mol. The Hall–Kier alpha value is -2.41. The van der Waals surface area contributed by atoms with Crippen LogP contribution in [-0.2, 0) is 13.6 Å². The van der Waals surface area contributed by atoms with E-state index in [1.165, 1.54) is 11.3 Å². The summed E-state index contributed by atoms with van der Waals surface area (Å²) in [5.41, 5.74) is 1.52. The van der Waals surface area contributed by atoms with Gasteiger partial charge >= 0.3 is 0 Å². The van der Waals surface area contributed by atoms with Crippen molar-refractivity contribution in [3.05, 3.63) is 41.0 Å².